The van der Waals surface area contributed by atoms with Crippen LogP contribution in [0.1, 0.15) is 42.4 Å². The Labute approximate surface area is 138 Å². The summed E-state index contributed by atoms with van der Waals surface area (Å²) in [4.78, 5) is 0.509. The van der Waals surface area contributed by atoms with Crippen LogP contribution in [0.3, 0.4) is 0 Å². The highest BCUT2D eigenvalue weighted by Crippen LogP contribution is 2.43. The number of fused-ring (bicyclic) bond motifs is 2. The first-order chi connectivity index (χ1) is 10.3. The van der Waals surface area contributed by atoms with E-state index in [9.17, 15) is 8.42 Å². The highest BCUT2D eigenvalue weighted by Gasteiger charge is 2.47. The number of nitrogens with zero attached hydrogens (tertiary/aromatic N) is 1. The first-order valence-corrected chi connectivity index (χ1v) is 10.7. The second kappa shape index (κ2) is 5.84. The van der Waals surface area contributed by atoms with Gasteiger partial charge in [0.15, 0.2) is 0 Å². The molecule has 2 atom stereocenters. The van der Waals surface area contributed by atoms with Gasteiger partial charge in [-0.3, -0.25) is 0 Å². The van der Waals surface area contributed by atoms with Gasteiger partial charge in [-0.2, -0.15) is 16.1 Å². The zero-order chi connectivity index (χ0) is 16.1. The molecule has 0 amide bonds. The third kappa shape index (κ3) is 2.61. The highest BCUT2D eigenvalue weighted by atomic mass is 32.2. The lowest BCUT2D eigenvalue weighted by molar-refractivity contribution is 0.253. The molecule has 1 aromatic carbocycles. The second-order valence-corrected chi connectivity index (χ2v) is 9.70. The summed E-state index contributed by atoms with van der Waals surface area (Å²) in [5.74, 6) is 0. The van der Waals surface area contributed by atoms with Gasteiger partial charge in [0.25, 0.3) is 0 Å². The van der Waals surface area contributed by atoms with Crippen LogP contribution in [-0.2, 0) is 10.0 Å². The Morgan fingerprint density at radius 3 is 2.09 bits per heavy atom. The summed E-state index contributed by atoms with van der Waals surface area (Å²) >= 11 is 1.89. The fourth-order valence-electron chi connectivity index (χ4n) is 3.99. The quantitative estimate of drug-likeness (QED) is 0.843. The van der Waals surface area contributed by atoms with E-state index in [1.165, 1.54) is 0 Å². The summed E-state index contributed by atoms with van der Waals surface area (Å²) in [5, 5.41) is 0.616. The monoisotopic (exact) mass is 339 g/mol. The Bertz CT molecular complexity index is 670. The molecule has 3 nitrogen and oxygen atoms in total. The van der Waals surface area contributed by atoms with Gasteiger partial charge < -0.3 is 0 Å². The van der Waals surface area contributed by atoms with Gasteiger partial charge in [0.1, 0.15) is 0 Å². The standard InChI is InChI=1S/C17H25NO2S2/c1-11-7-13(3)17(8-12(11)2)22(19,20)18-14-5-6-15(18)10-16(9-14)21-4/h7-8,14-16H,5-6,9-10H2,1-4H3. The molecule has 2 aliphatic heterocycles. The minimum Gasteiger partial charge on any atom is -0.207 e. The highest BCUT2D eigenvalue weighted by molar-refractivity contribution is 7.99. The topological polar surface area (TPSA) is 37.4 Å². The molecule has 2 unspecified atom stereocenters. The lowest BCUT2D eigenvalue weighted by atomic mass is 10.1. The molecule has 22 heavy (non-hydrogen) atoms. The van der Waals surface area contributed by atoms with Gasteiger partial charge >= 0.3 is 0 Å². The van der Waals surface area contributed by atoms with E-state index in [-0.39, 0.29) is 12.1 Å². The summed E-state index contributed by atoms with van der Waals surface area (Å²) in [7, 11) is -3.38. The molecule has 122 valence electrons. The number of rotatable bonds is 3. The van der Waals surface area contributed by atoms with E-state index in [0.29, 0.717) is 10.1 Å². The maximum Gasteiger partial charge on any atom is 0.243 e. The van der Waals surface area contributed by atoms with Crippen molar-refractivity contribution in [1.82, 2.24) is 4.31 Å². The number of piperidine rings is 1. The average Bonchev–Trinajstić information content (AvgIpc) is 2.74. The van der Waals surface area contributed by atoms with Crippen LogP contribution >= 0.6 is 11.8 Å². The average molecular weight is 340 g/mol. The van der Waals surface area contributed by atoms with Crippen LogP contribution in [0.15, 0.2) is 17.0 Å². The van der Waals surface area contributed by atoms with Gasteiger partial charge in [0.2, 0.25) is 10.0 Å². The van der Waals surface area contributed by atoms with Gasteiger partial charge in [-0.25, -0.2) is 8.42 Å². The maximum atomic E-state index is 13.2. The summed E-state index contributed by atoms with van der Waals surface area (Å²) in [6, 6.07) is 4.25. The van der Waals surface area contributed by atoms with Gasteiger partial charge in [0, 0.05) is 17.3 Å². The lowest BCUT2D eigenvalue weighted by Gasteiger charge is -2.37. The van der Waals surface area contributed by atoms with Crippen LogP contribution in [0, 0.1) is 20.8 Å². The second-order valence-electron chi connectivity index (χ2n) is 6.75. The molecule has 0 spiro atoms. The predicted molar refractivity (Wildman–Crippen MR) is 93.0 cm³/mol. The first kappa shape index (κ1) is 16.3. The molecular weight excluding hydrogens is 314 g/mol. The number of hydrogen-bond donors (Lipinski definition) is 0. The Hall–Kier alpha value is -0.520. The van der Waals surface area contributed by atoms with Crippen molar-refractivity contribution in [3.63, 3.8) is 0 Å². The molecule has 2 fully saturated rings. The van der Waals surface area contributed by atoms with Gasteiger partial charge in [-0.15, -0.1) is 0 Å². The lowest BCUT2D eigenvalue weighted by Crippen LogP contribution is -2.47. The fourth-order valence-corrected chi connectivity index (χ4v) is 7.01. The summed E-state index contributed by atoms with van der Waals surface area (Å²) in [5.41, 5.74) is 3.07. The normalized spacial score (nSPS) is 29.0. The number of sulfonamides is 1. The number of aryl methyl sites for hydroxylation is 3. The van der Waals surface area contributed by atoms with Crippen molar-refractivity contribution in [2.24, 2.45) is 0 Å². The van der Waals surface area contributed by atoms with Gasteiger partial charge in [-0.05, 0) is 75.5 Å². The molecule has 2 aliphatic rings. The molecule has 0 radical (unpaired) electrons. The van der Waals surface area contributed by atoms with E-state index < -0.39 is 10.0 Å². The number of benzene rings is 1. The van der Waals surface area contributed by atoms with Crippen molar-refractivity contribution >= 4 is 21.8 Å². The molecule has 1 aromatic rings. The van der Waals surface area contributed by atoms with Gasteiger partial charge in [0.05, 0.1) is 4.90 Å². The van der Waals surface area contributed by atoms with Crippen LogP contribution < -0.4 is 0 Å². The van der Waals surface area contributed by atoms with Crippen molar-refractivity contribution in [2.45, 2.75) is 68.7 Å². The molecule has 2 bridgehead atoms. The molecule has 5 heteroatoms. The minimum absolute atomic E-state index is 0.196. The van der Waals surface area contributed by atoms with E-state index in [0.717, 1.165) is 42.4 Å². The van der Waals surface area contributed by atoms with Crippen LogP contribution in [0.4, 0.5) is 0 Å². The Balaban J connectivity index is 2.00. The minimum atomic E-state index is -3.38. The predicted octanol–water partition coefficient (Wildman–Crippen LogP) is 3.66. The molecule has 2 heterocycles. The zero-order valence-electron chi connectivity index (χ0n) is 13.8. The van der Waals surface area contributed by atoms with Crippen LogP contribution in [0.25, 0.3) is 0 Å². The largest absolute Gasteiger partial charge is 0.243 e. The number of hydrogen-bond acceptors (Lipinski definition) is 3. The molecule has 0 aliphatic carbocycles. The Morgan fingerprint density at radius 2 is 1.55 bits per heavy atom. The third-order valence-corrected chi connectivity index (χ3v) is 8.50. The molecular formula is C17H25NO2S2. The molecule has 2 saturated heterocycles. The van der Waals surface area contributed by atoms with E-state index >= 15 is 0 Å². The van der Waals surface area contributed by atoms with E-state index in [1.54, 1.807) is 0 Å². The SMILES string of the molecule is CSC1CC2CCC(C1)N2S(=O)(=O)c1cc(C)c(C)cc1C. The van der Waals surface area contributed by atoms with Crippen molar-refractivity contribution in [3.8, 4) is 0 Å². The zero-order valence-corrected chi connectivity index (χ0v) is 15.4. The Morgan fingerprint density at radius 1 is 1.00 bits per heavy atom. The smallest absolute Gasteiger partial charge is 0.207 e. The number of thioether (sulfide) groups is 1. The summed E-state index contributed by atoms with van der Waals surface area (Å²) in [6.45, 7) is 5.94. The summed E-state index contributed by atoms with van der Waals surface area (Å²) < 4.78 is 28.3. The molecule has 0 N–H and O–H groups in total. The third-order valence-electron chi connectivity index (χ3n) is 5.30. The van der Waals surface area contributed by atoms with E-state index in [2.05, 4.69) is 6.26 Å². The molecule has 0 aromatic heterocycles. The van der Waals surface area contributed by atoms with Crippen molar-refractivity contribution < 1.29 is 8.42 Å². The van der Waals surface area contributed by atoms with Crippen molar-refractivity contribution in [3.05, 3.63) is 28.8 Å². The van der Waals surface area contributed by atoms with Crippen LogP contribution in [-0.4, -0.2) is 36.3 Å². The van der Waals surface area contributed by atoms with Crippen LogP contribution in [0.2, 0.25) is 0 Å². The van der Waals surface area contributed by atoms with E-state index in [4.69, 9.17) is 0 Å². The maximum absolute atomic E-state index is 13.2. The fraction of sp³-hybridized carbons (Fsp3) is 0.647. The molecule has 0 saturated carbocycles. The first-order valence-electron chi connectivity index (χ1n) is 7.98. The van der Waals surface area contributed by atoms with Crippen LogP contribution in [0.5, 0.6) is 0 Å². The van der Waals surface area contributed by atoms with Crippen molar-refractivity contribution in [1.29, 1.82) is 0 Å². The Kier molecular flexibility index (Phi) is 4.34. The summed E-state index contributed by atoms with van der Waals surface area (Å²) in [6.07, 6.45) is 6.18. The van der Waals surface area contributed by atoms with Crippen molar-refractivity contribution in [2.75, 3.05) is 6.26 Å². The van der Waals surface area contributed by atoms with Gasteiger partial charge in [-0.1, -0.05) is 6.07 Å². The van der Waals surface area contributed by atoms with E-state index in [1.807, 2.05) is 49.0 Å². The molecule has 3 rings (SSSR count).